The van der Waals surface area contributed by atoms with E-state index in [4.69, 9.17) is 4.74 Å². The van der Waals surface area contributed by atoms with E-state index in [0.29, 0.717) is 10.8 Å². The third-order valence-corrected chi connectivity index (χ3v) is 6.70. The van der Waals surface area contributed by atoms with Crippen LogP contribution in [0.2, 0.25) is 0 Å². The van der Waals surface area contributed by atoms with Gasteiger partial charge in [0, 0.05) is 17.4 Å². The van der Waals surface area contributed by atoms with Crippen molar-refractivity contribution in [3.8, 4) is 17.0 Å². The van der Waals surface area contributed by atoms with Crippen LogP contribution in [0.4, 0.5) is 9.52 Å². The standard InChI is InChI=1S/C20H19FN2O4S2/c1-13-11-14(3-8-18(13)27-2)17-12-28-20(22-17)23-19(24)9-10-29(25,26)16-6-4-15(21)5-7-16/h3-8,11-12H,9-10H2,1-2H3,(H,22,23,24). The van der Waals surface area contributed by atoms with Crippen LogP contribution in [0.1, 0.15) is 12.0 Å². The molecular weight excluding hydrogens is 415 g/mol. The summed E-state index contributed by atoms with van der Waals surface area (Å²) in [4.78, 5) is 16.5. The zero-order valence-corrected chi connectivity index (χ0v) is 17.4. The van der Waals surface area contributed by atoms with E-state index in [-0.39, 0.29) is 17.1 Å². The Morgan fingerprint density at radius 2 is 1.93 bits per heavy atom. The highest BCUT2D eigenvalue weighted by atomic mass is 32.2. The Bertz CT molecular complexity index is 1130. The van der Waals surface area contributed by atoms with Gasteiger partial charge in [0.2, 0.25) is 5.91 Å². The molecule has 0 fully saturated rings. The van der Waals surface area contributed by atoms with Crippen molar-refractivity contribution >= 4 is 32.2 Å². The normalized spacial score (nSPS) is 11.3. The average molecular weight is 435 g/mol. The van der Waals surface area contributed by atoms with E-state index in [2.05, 4.69) is 10.3 Å². The molecule has 0 atom stereocenters. The van der Waals surface area contributed by atoms with Crippen molar-refractivity contribution in [2.45, 2.75) is 18.2 Å². The fraction of sp³-hybridized carbons (Fsp3) is 0.200. The van der Waals surface area contributed by atoms with Crippen molar-refractivity contribution in [3.63, 3.8) is 0 Å². The first-order valence-electron chi connectivity index (χ1n) is 8.67. The van der Waals surface area contributed by atoms with E-state index in [1.54, 1.807) is 7.11 Å². The van der Waals surface area contributed by atoms with Gasteiger partial charge in [0.05, 0.1) is 23.5 Å². The summed E-state index contributed by atoms with van der Waals surface area (Å²) in [6, 6.07) is 10.2. The molecule has 1 heterocycles. The second-order valence-corrected chi connectivity index (χ2v) is 9.26. The van der Waals surface area contributed by atoms with Gasteiger partial charge in [-0.25, -0.2) is 17.8 Å². The smallest absolute Gasteiger partial charge is 0.227 e. The number of nitrogens with zero attached hydrogens (tertiary/aromatic N) is 1. The quantitative estimate of drug-likeness (QED) is 0.567. The maximum Gasteiger partial charge on any atom is 0.227 e. The molecule has 0 aliphatic heterocycles. The zero-order valence-electron chi connectivity index (χ0n) is 15.8. The zero-order chi connectivity index (χ0) is 21.0. The lowest BCUT2D eigenvalue weighted by Gasteiger charge is -2.06. The number of anilines is 1. The SMILES string of the molecule is COc1ccc(-c2csc(NC(=O)CCS(=O)(=O)c3ccc(F)cc3)n2)cc1C. The molecule has 0 bridgehead atoms. The monoisotopic (exact) mass is 434 g/mol. The van der Waals surface area contributed by atoms with Gasteiger partial charge in [-0.05, 0) is 55.0 Å². The van der Waals surface area contributed by atoms with Crippen molar-refractivity contribution in [1.29, 1.82) is 0 Å². The lowest BCUT2D eigenvalue weighted by atomic mass is 10.1. The van der Waals surface area contributed by atoms with Crippen LogP contribution in [0.5, 0.6) is 5.75 Å². The van der Waals surface area contributed by atoms with Crippen LogP contribution in [0.25, 0.3) is 11.3 Å². The van der Waals surface area contributed by atoms with E-state index < -0.39 is 21.6 Å². The molecule has 3 rings (SSSR count). The van der Waals surface area contributed by atoms with Crippen LogP contribution < -0.4 is 10.1 Å². The first-order valence-corrected chi connectivity index (χ1v) is 11.2. The minimum atomic E-state index is -3.67. The summed E-state index contributed by atoms with van der Waals surface area (Å²) >= 11 is 1.25. The van der Waals surface area contributed by atoms with E-state index in [0.717, 1.165) is 29.0 Å². The maximum absolute atomic E-state index is 12.9. The van der Waals surface area contributed by atoms with E-state index in [9.17, 15) is 17.6 Å². The number of halogens is 1. The second-order valence-electron chi connectivity index (χ2n) is 6.29. The van der Waals surface area contributed by atoms with E-state index in [1.165, 1.54) is 23.5 Å². The number of thiazole rings is 1. The van der Waals surface area contributed by atoms with Crippen molar-refractivity contribution < 1.29 is 22.3 Å². The molecule has 0 radical (unpaired) electrons. The fourth-order valence-electron chi connectivity index (χ4n) is 2.67. The van der Waals surface area contributed by atoms with Crippen molar-refractivity contribution in [1.82, 2.24) is 4.98 Å². The molecule has 1 aromatic heterocycles. The summed E-state index contributed by atoms with van der Waals surface area (Å²) in [6.45, 7) is 1.93. The molecular formula is C20H19FN2O4S2. The third-order valence-electron chi connectivity index (χ3n) is 4.21. The first-order chi connectivity index (χ1) is 13.8. The third kappa shape index (κ3) is 5.18. The Kier molecular flexibility index (Phi) is 6.29. The molecule has 0 saturated heterocycles. The molecule has 1 N–H and O–H groups in total. The highest BCUT2D eigenvalue weighted by molar-refractivity contribution is 7.91. The van der Waals surface area contributed by atoms with Gasteiger partial charge in [-0.3, -0.25) is 4.79 Å². The molecule has 9 heteroatoms. The van der Waals surface area contributed by atoms with Gasteiger partial charge < -0.3 is 10.1 Å². The van der Waals surface area contributed by atoms with Gasteiger partial charge >= 0.3 is 0 Å². The van der Waals surface area contributed by atoms with Crippen LogP contribution in [-0.4, -0.2) is 32.2 Å². The summed E-state index contributed by atoms with van der Waals surface area (Å²) in [7, 11) is -2.06. The summed E-state index contributed by atoms with van der Waals surface area (Å²) in [5.41, 5.74) is 2.56. The molecule has 6 nitrogen and oxygen atoms in total. The fourth-order valence-corrected chi connectivity index (χ4v) is 4.65. The van der Waals surface area contributed by atoms with Gasteiger partial charge in [-0.15, -0.1) is 11.3 Å². The van der Waals surface area contributed by atoms with Gasteiger partial charge in [-0.2, -0.15) is 0 Å². The first kappa shape index (κ1) is 20.9. The highest BCUT2D eigenvalue weighted by Gasteiger charge is 2.17. The van der Waals surface area contributed by atoms with Crippen LogP contribution >= 0.6 is 11.3 Å². The highest BCUT2D eigenvalue weighted by Crippen LogP contribution is 2.28. The van der Waals surface area contributed by atoms with Gasteiger partial charge in [0.25, 0.3) is 0 Å². The molecule has 0 aliphatic rings. The number of sulfone groups is 1. The molecule has 0 unspecified atom stereocenters. The molecule has 0 spiro atoms. The number of hydrogen-bond donors (Lipinski definition) is 1. The lowest BCUT2D eigenvalue weighted by Crippen LogP contribution is -2.17. The number of aryl methyl sites for hydroxylation is 1. The molecule has 0 saturated carbocycles. The summed E-state index contributed by atoms with van der Waals surface area (Å²) in [6.07, 6.45) is -0.226. The number of methoxy groups -OCH3 is 1. The minimum Gasteiger partial charge on any atom is -0.496 e. The van der Waals surface area contributed by atoms with E-state index >= 15 is 0 Å². The maximum atomic E-state index is 12.9. The van der Waals surface area contributed by atoms with Crippen molar-refractivity contribution in [2.75, 3.05) is 18.2 Å². The van der Waals surface area contributed by atoms with Gasteiger partial charge in [-0.1, -0.05) is 0 Å². The Morgan fingerprint density at radius 1 is 1.21 bits per heavy atom. The Balaban J connectivity index is 1.61. The summed E-state index contributed by atoms with van der Waals surface area (Å²) < 4.78 is 42.7. The second kappa shape index (κ2) is 8.71. The summed E-state index contributed by atoms with van der Waals surface area (Å²) in [5, 5.41) is 4.82. The average Bonchev–Trinajstić information content (AvgIpc) is 3.15. The number of nitrogens with one attached hydrogen (secondary N) is 1. The van der Waals surface area contributed by atoms with Crippen LogP contribution in [0, 0.1) is 12.7 Å². The van der Waals surface area contributed by atoms with E-state index in [1.807, 2.05) is 30.5 Å². The number of carbonyl (C=O) groups excluding carboxylic acids is 1. The Labute approximate surface area is 172 Å². The number of carbonyl (C=O) groups is 1. The number of benzene rings is 2. The minimum absolute atomic E-state index is 0.0156. The van der Waals surface area contributed by atoms with Gasteiger partial charge in [0.15, 0.2) is 15.0 Å². The van der Waals surface area contributed by atoms with Crippen molar-refractivity contribution in [2.24, 2.45) is 0 Å². The molecule has 3 aromatic rings. The lowest BCUT2D eigenvalue weighted by molar-refractivity contribution is -0.115. The predicted molar refractivity (Wildman–Crippen MR) is 111 cm³/mol. The molecule has 152 valence electrons. The largest absolute Gasteiger partial charge is 0.496 e. The number of hydrogen-bond acceptors (Lipinski definition) is 6. The predicted octanol–water partition coefficient (Wildman–Crippen LogP) is 4.07. The number of aromatic nitrogens is 1. The summed E-state index contributed by atoms with van der Waals surface area (Å²) in [5.74, 6) is -0.573. The number of rotatable bonds is 7. The topological polar surface area (TPSA) is 85.4 Å². The van der Waals surface area contributed by atoms with Crippen LogP contribution in [-0.2, 0) is 14.6 Å². The molecule has 29 heavy (non-hydrogen) atoms. The van der Waals surface area contributed by atoms with Gasteiger partial charge in [0.1, 0.15) is 11.6 Å². The number of amides is 1. The number of ether oxygens (including phenoxy) is 1. The van der Waals surface area contributed by atoms with Crippen LogP contribution in [0.15, 0.2) is 52.7 Å². The molecule has 2 aromatic carbocycles. The molecule has 1 amide bonds. The molecule has 0 aliphatic carbocycles. The van der Waals surface area contributed by atoms with Crippen molar-refractivity contribution in [3.05, 3.63) is 59.2 Å². The van der Waals surface area contributed by atoms with Crippen LogP contribution in [0.3, 0.4) is 0 Å². The Morgan fingerprint density at radius 3 is 2.59 bits per heavy atom. The Hall–Kier alpha value is -2.78.